The Balaban J connectivity index is 0.00000231. The Kier molecular flexibility index (Phi) is 11.3. The van der Waals surface area contributed by atoms with Crippen LogP contribution in [0.15, 0.2) is 219 Å². The standard InChI is InChI=1S/C54H42N2.C2H6/c1-3-18-39(4-2)41-28-32-45(33-29-41)56(46-34-30-42(31-35-46)40-19-8-5-9-20-40)50-37-36-49(47-25-14-15-26-48(47)50)54-53(44-23-12-7-13-24-44)52(43-21-10-6-11-22-43)51-27-16-17-38-55(51)54;1-2/h3-38H,1-2H3;1-2H3/b18-3-,39-4+;. The molecule has 7 aromatic carbocycles. The lowest BCUT2D eigenvalue weighted by atomic mass is 9.91. The second kappa shape index (κ2) is 17.3. The minimum Gasteiger partial charge on any atom is -0.315 e. The molecule has 0 fully saturated rings. The van der Waals surface area contributed by atoms with Crippen molar-refractivity contribution in [1.82, 2.24) is 4.40 Å². The van der Waals surface area contributed by atoms with Gasteiger partial charge in [-0.05, 0) is 95.1 Å². The third-order valence-corrected chi connectivity index (χ3v) is 10.7. The SMILES string of the molecule is C/C=C\C(=C/C)c1ccc(N(c2ccc(-c3ccccc3)cc2)c2ccc(-c3c(-c4ccccc4)c(-c4ccccc4)c4ccccn34)c3ccccc23)cc1.CC. The molecule has 0 aliphatic rings. The maximum Gasteiger partial charge on any atom is 0.0619 e. The minimum absolute atomic E-state index is 1.10. The molecule has 0 unspecified atom stereocenters. The number of hydrogen-bond acceptors (Lipinski definition) is 1. The predicted octanol–water partition coefficient (Wildman–Crippen LogP) is 16.2. The van der Waals surface area contributed by atoms with Crippen molar-refractivity contribution in [2.75, 3.05) is 4.90 Å². The lowest BCUT2D eigenvalue weighted by Gasteiger charge is -2.28. The molecule has 0 radical (unpaired) electrons. The van der Waals surface area contributed by atoms with Gasteiger partial charge in [-0.3, -0.25) is 0 Å². The Morgan fingerprint density at radius 1 is 0.466 bits per heavy atom. The smallest absolute Gasteiger partial charge is 0.0619 e. The van der Waals surface area contributed by atoms with Gasteiger partial charge in [0.1, 0.15) is 0 Å². The van der Waals surface area contributed by atoms with Crippen LogP contribution in [-0.4, -0.2) is 4.40 Å². The number of fused-ring (bicyclic) bond motifs is 2. The second-order valence-corrected chi connectivity index (χ2v) is 14.0. The first-order chi connectivity index (χ1) is 28.7. The van der Waals surface area contributed by atoms with Gasteiger partial charge in [0.05, 0.1) is 16.9 Å². The summed E-state index contributed by atoms with van der Waals surface area (Å²) in [6, 6.07) is 70.2. The average molecular weight is 749 g/mol. The van der Waals surface area contributed by atoms with Crippen LogP contribution in [0.1, 0.15) is 33.3 Å². The Morgan fingerprint density at radius 2 is 0.983 bits per heavy atom. The highest BCUT2D eigenvalue weighted by atomic mass is 15.1. The van der Waals surface area contributed by atoms with Crippen LogP contribution in [0.2, 0.25) is 0 Å². The fourth-order valence-corrected chi connectivity index (χ4v) is 8.14. The van der Waals surface area contributed by atoms with Crippen molar-refractivity contribution in [1.29, 1.82) is 0 Å². The molecule has 2 heterocycles. The van der Waals surface area contributed by atoms with Gasteiger partial charge in [-0.2, -0.15) is 0 Å². The summed E-state index contributed by atoms with van der Waals surface area (Å²) in [5.41, 5.74) is 16.5. The summed E-state index contributed by atoms with van der Waals surface area (Å²) >= 11 is 0. The average Bonchev–Trinajstić information content (AvgIpc) is 3.65. The van der Waals surface area contributed by atoms with E-state index in [4.69, 9.17) is 0 Å². The van der Waals surface area contributed by atoms with Crippen LogP contribution in [0, 0.1) is 0 Å². The molecule has 0 saturated carbocycles. The molecular weight excluding hydrogens is 701 g/mol. The molecule has 0 atom stereocenters. The van der Waals surface area contributed by atoms with E-state index in [0.29, 0.717) is 0 Å². The van der Waals surface area contributed by atoms with E-state index in [2.05, 4.69) is 242 Å². The molecule has 282 valence electrons. The van der Waals surface area contributed by atoms with Gasteiger partial charge in [-0.25, -0.2) is 0 Å². The molecule has 0 bridgehead atoms. The van der Waals surface area contributed by atoms with E-state index >= 15 is 0 Å². The van der Waals surface area contributed by atoms with Crippen LogP contribution in [0.25, 0.3) is 66.5 Å². The number of pyridine rings is 1. The van der Waals surface area contributed by atoms with Crippen LogP contribution < -0.4 is 4.90 Å². The van der Waals surface area contributed by atoms with Crippen LogP contribution in [0.5, 0.6) is 0 Å². The van der Waals surface area contributed by atoms with Gasteiger partial charge in [0.15, 0.2) is 0 Å². The molecule has 2 aromatic heterocycles. The van der Waals surface area contributed by atoms with Crippen molar-refractivity contribution in [3.63, 3.8) is 0 Å². The summed E-state index contributed by atoms with van der Waals surface area (Å²) in [5, 5.41) is 2.37. The quantitative estimate of drug-likeness (QED) is 0.133. The molecule has 0 aliphatic heterocycles. The summed E-state index contributed by atoms with van der Waals surface area (Å²) in [6.07, 6.45) is 8.64. The first-order valence-electron chi connectivity index (χ1n) is 20.3. The van der Waals surface area contributed by atoms with Crippen molar-refractivity contribution < 1.29 is 0 Å². The molecule has 9 rings (SSSR count). The number of anilines is 3. The topological polar surface area (TPSA) is 7.65 Å². The summed E-state index contributed by atoms with van der Waals surface area (Å²) in [6.45, 7) is 8.16. The second-order valence-electron chi connectivity index (χ2n) is 14.0. The first kappa shape index (κ1) is 37.7. The van der Waals surface area contributed by atoms with Crippen LogP contribution in [0.3, 0.4) is 0 Å². The summed E-state index contributed by atoms with van der Waals surface area (Å²) in [7, 11) is 0. The molecule has 0 aliphatic carbocycles. The van der Waals surface area contributed by atoms with E-state index in [-0.39, 0.29) is 0 Å². The Hall–Kier alpha value is -7.16. The van der Waals surface area contributed by atoms with Gasteiger partial charge in [-0.1, -0.05) is 184 Å². The van der Waals surface area contributed by atoms with Crippen molar-refractivity contribution in [2.24, 2.45) is 0 Å². The van der Waals surface area contributed by atoms with Crippen molar-refractivity contribution in [3.8, 4) is 44.6 Å². The van der Waals surface area contributed by atoms with Gasteiger partial charge >= 0.3 is 0 Å². The maximum absolute atomic E-state index is 2.40. The van der Waals surface area contributed by atoms with Crippen molar-refractivity contribution in [3.05, 3.63) is 224 Å². The van der Waals surface area contributed by atoms with Crippen LogP contribution in [-0.2, 0) is 0 Å². The van der Waals surface area contributed by atoms with E-state index < -0.39 is 0 Å². The molecule has 0 N–H and O–H groups in total. The van der Waals surface area contributed by atoms with Gasteiger partial charge in [-0.15, -0.1) is 0 Å². The predicted molar refractivity (Wildman–Crippen MR) is 251 cm³/mol. The fourth-order valence-electron chi connectivity index (χ4n) is 8.14. The molecule has 0 amide bonds. The van der Waals surface area contributed by atoms with E-state index in [1.165, 1.54) is 72.1 Å². The third-order valence-electron chi connectivity index (χ3n) is 10.7. The van der Waals surface area contributed by atoms with E-state index in [1.54, 1.807) is 0 Å². The molecule has 2 heteroatoms. The number of benzene rings is 7. The van der Waals surface area contributed by atoms with Gasteiger partial charge in [0.25, 0.3) is 0 Å². The molecule has 0 saturated heterocycles. The maximum atomic E-state index is 2.40. The molecule has 58 heavy (non-hydrogen) atoms. The highest BCUT2D eigenvalue weighted by Crippen LogP contribution is 2.48. The van der Waals surface area contributed by atoms with E-state index in [9.17, 15) is 0 Å². The zero-order valence-corrected chi connectivity index (χ0v) is 33.7. The monoisotopic (exact) mass is 748 g/mol. The minimum atomic E-state index is 1.10. The Labute approximate surface area is 343 Å². The van der Waals surface area contributed by atoms with Crippen LogP contribution >= 0.6 is 0 Å². The van der Waals surface area contributed by atoms with E-state index in [0.717, 1.165) is 17.1 Å². The molecular formula is C56H48N2. The van der Waals surface area contributed by atoms with Gasteiger partial charge in [0, 0.05) is 39.6 Å². The third kappa shape index (κ3) is 7.17. The number of hydrogen-bond donors (Lipinski definition) is 0. The largest absolute Gasteiger partial charge is 0.315 e. The highest BCUT2D eigenvalue weighted by molar-refractivity contribution is 6.11. The zero-order chi connectivity index (χ0) is 39.8. The first-order valence-corrected chi connectivity index (χ1v) is 20.3. The fraction of sp³-hybridized carbons (Fsp3) is 0.0714. The summed E-state index contributed by atoms with van der Waals surface area (Å²) in [4.78, 5) is 2.40. The molecule has 9 aromatic rings. The number of aromatic nitrogens is 1. The lowest BCUT2D eigenvalue weighted by Crippen LogP contribution is -2.11. The number of allylic oxidation sites excluding steroid dienone is 4. The number of rotatable bonds is 9. The molecule has 2 nitrogen and oxygen atoms in total. The number of nitrogens with zero attached hydrogens (tertiary/aromatic N) is 2. The van der Waals surface area contributed by atoms with Gasteiger partial charge in [0.2, 0.25) is 0 Å². The Bertz CT molecular complexity index is 2830. The Morgan fingerprint density at radius 3 is 1.59 bits per heavy atom. The van der Waals surface area contributed by atoms with Gasteiger partial charge < -0.3 is 9.30 Å². The van der Waals surface area contributed by atoms with Crippen LogP contribution in [0.4, 0.5) is 17.1 Å². The van der Waals surface area contributed by atoms with Crippen molar-refractivity contribution in [2.45, 2.75) is 27.7 Å². The normalized spacial score (nSPS) is 11.5. The van der Waals surface area contributed by atoms with E-state index in [1.807, 2.05) is 13.8 Å². The highest BCUT2D eigenvalue weighted by Gasteiger charge is 2.25. The van der Waals surface area contributed by atoms with Crippen molar-refractivity contribution >= 4 is 38.9 Å². The lowest BCUT2D eigenvalue weighted by molar-refractivity contribution is 1.21. The zero-order valence-electron chi connectivity index (χ0n) is 33.7. The molecule has 0 spiro atoms. The summed E-state index contributed by atoms with van der Waals surface area (Å²) in [5.74, 6) is 0. The summed E-state index contributed by atoms with van der Waals surface area (Å²) < 4.78 is 2.38.